The Bertz CT molecular complexity index is 393. The molecule has 17 heavy (non-hydrogen) atoms. The Morgan fingerprint density at radius 3 is 2.76 bits per heavy atom. The summed E-state index contributed by atoms with van der Waals surface area (Å²) in [4.78, 5) is 13.6. The molecule has 0 saturated heterocycles. The van der Waals surface area contributed by atoms with E-state index in [0.717, 1.165) is 31.2 Å². The number of rotatable bonds is 4. The molecule has 1 aliphatic carbocycles. The van der Waals surface area contributed by atoms with Crippen LogP contribution in [0, 0.1) is 0 Å². The standard InChI is InChI=1S/C14H21NOS/c1-3-10(4-2)15-14(16)12-9-17-13-8-6-5-7-11(12)13/h9-10H,3-8H2,1-2H3,(H,15,16). The maximum atomic E-state index is 12.2. The van der Waals surface area contributed by atoms with Crippen LogP contribution in [-0.2, 0) is 12.8 Å². The Hall–Kier alpha value is -0.830. The number of carbonyl (C=O) groups is 1. The van der Waals surface area contributed by atoms with Gasteiger partial charge >= 0.3 is 0 Å². The first-order chi connectivity index (χ1) is 8.26. The Morgan fingerprint density at radius 2 is 2.06 bits per heavy atom. The molecule has 1 aromatic heterocycles. The molecule has 0 atom stereocenters. The zero-order chi connectivity index (χ0) is 12.3. The highest BCUT2D eigenvalue weighted by atomic mass is 32.1. The van der Waals surface area contributed by atoms with Gasteiger partial charge in [-0.2, -0.15) is 0 Å². The number of amides is 1. The summed E-state index contributed by atoms with van der Waals surface area (Å²) in [6, 6.07) is 0.321. The third-order valence-electron chi connectivity index (χ3n) is 3.63. The second kappa shape index (κ2) is 5.67. The summed E-state index contributed by atoms with van der Waals surface area (Å²) in [7, 11) is 0. The van der Waals surface area contributed by atoms with Crippen LogP contribution in [0.15, 0.2) is 5.38 Å². The molecule has 1 amide bonds. The van der Waals surface area contributed by atoms with Gasteiger partial charge in [-0.25, -0.2) is 0 Å². The molecule has 0 spiro atoms. The second-order valence-corrected chi connectivity index (χ2v) is 5.71. The molecule has 0 fully saturated rings. The van der Waals surface area contributed by atoms with E-state index in [9.17, 15) is 4.79 Å². The van der Waals surface area contributed by atoms with Crippen LogP contribution in [0.5, 0.6) is 0 Å². The summed E-state index contributed by atoms with van der Waals surface area (Å²) >= 11 is 1.76. The van der Waals surface area contributed by atoms with Crippen LogP contribution in [0.2, 0.25) is 0 Å². The van der Waals surface area contributed by atoms with E-state index in [1.54, 1.807) is 11.3 Å². The maximum Gasteiger partial charge on any atom is 0.252 e. The van der Waals surface area contributed by atoms with Gasteiger partial charge in [-0.05, 0) is 44.1 Å². The fourth-order valence-electron chi connectivity index (χ4n) is 2.44. The Morgan fingerprint density at radius 1 is 1.35 bits per heavy atom. The lowest BCUT2D eigenvalue weighted by molar-refractivity contribution is 0.0934. The Labute approximate surface area is 107 Å². The summed E-state index contributed by atoms with van der Waals surface area (Å²) in [5, 5.41) is 5.19. The van der Waals surface area contributed by atoms with Gasteiger partial charge in [0.25, 0.3) is 5.91 Å². The molecule has 0 aliphatic heterocycles. The lowest BCUT2D eigenvalue weighted by Gasteiger charge is -2.16. The van der Waals surface area contributed by atoms with Crippen LogP contribution < -0.4 is 5.32 Å². The molecule has 3 heteroatoms. The van der Waals surface area contributed by atoms with Gasteiger partial charge in [0.05, 0.1) is 5.56 Å². The third-order valence-corrected chi connectivity index (χ3v) is 4.72. The average Bonchev–Trinajstić information content (AvgIpc) is 2.79. The quantitative estimate of drug-likeness (QED) is 0.871. The van der Waals surface area contributed by atoms with Crippen molar-refractivity contribution in [3.63, 3.8) is 0 Å². The van der Waals surface area contributed by atoms with Crippen molar-refractivity contribution in [1.29, 1.82) is 0 Å². The van der Waals surface area contributed by atoms with Crippen molar-refractivity contribution in [3.8, 4) is 0 Å². The van der Waals surface area contributed by atoms with Gasteiger partial charge in [-0.15, -0.1) is 11.3 Å². The summed E-state index contributed by atoms with van der Waals surface area (Å²) in [6.45, 7) is 4.25. The zero-order valence-corrected chi connectivity index (χ0v) is 11.5. The molecular formula is C14H21NOS. The minimum Gasteiger partial charge on any atom is -0.349 e. The molecule has 1 N–H and O–H groups in total. The fourth-order valence-corrected chi connectivity index (χ4v) is 3.57. The van der Waals surface area contributed by atoms with Crippen LogP contribution in [-0.4, -0.2) is 11.9 Å². The highest BCUT2D eigenvalue weighted by Gasteiger charge is 2.20. The van der Waals surface area contributed by atoms with Gasteiger partial charge in [0.15, 0.2) is 0 Å². The van der Waals surface area contributed by atoms with Crippen LogP contribution in [0.1, 0.15) is 60.3 Å². The van der Waals surface area contributed by atoms with Crippen molar-refractivity contribution in [3.05, 3.63) is 21.4 Å². The molecule has 94 valence electrons. The largest absolute Gasteiger partial charge is 0.349 e. The van der Waals surface area contributed by atoms with Crippen LogP contribution >= 0.6 is 11.3 Å². The van der Waals surface area contributed by atoms with E-state index in [2.05, 4.69) is 19.2 Å². The molecule has 1 aliphatic rings. The maximum absolute atomic E-state index is 12.2. The molecule has 2 nitrogen and oxygen atoms in total. The zero-order valence-electron chi connectivity index (χ0n) is 10.7. The Balaban J connectivity index is 2.11. The number of hydrogen-bond acceptors (Lipinski definition) is 2. The van der Waals surface area contributed by atoms with E-state index in [0.29, 0.717) is 6.04 Å². The van der Waals surface area contributed by atoms with Crippen molar-refractivity contribution in [2.75, 3.05) is 0 Å². The van der Waals surface area contributed by atoms with E-state index < -0.39 is 0 Å². The van der Waals surface area contributed by atoms with Crippen LogP contribution in [0.25, 0.3) is 0 Å². The normalized spacial score (nSPS) is 14.8. The number of carbonyl (C=O) groups excluding carboxylic acids is 1. The van der Waals surface area contributed by atoms with E-state index in [-0.39, 0.29) is 5.91 Å². The average molecular weight is 251 g/mol. The van der Waals surface area contributed by atoms with Gasteiger partial charge in [0.2, 0.25) is 0 Å². The molecule has 0 bridgehead atoms. The smallest absolute Gasteiger partial charge is 0.252 e. The third kappa shape index (κ3) is 2.71. The molecule has 0 aromatic carbocycles. The van der Waals surface area contributed by atoms with E-state index in [4.69, 9.17) is 0 Å². The lowest BCUT2D eigenvalue weighted by atomic mass is 9.95. The Kier molecular flexibility index (Phi) is 4.21. The van der Waals surface area contributed by atoms with Crippen LogP contribution in [0.4, 0.5) is 0 Å². The highest BCUT2D eigenvalue weighted by molar-refractivity contribution is 7.10. The van der Waals surface area contributed by atoms with E-state index in [1.165, 1.54) is 23.3 Å². The SMILES string of the molecule is CCC(CC)NC(=O)c1csc2c1CCCC2. The van der Waals surface area contributed by atoms with E-state index in [1.807, 2.05) is 5.38 Å². The molecule has 0 saturated carbocycles. The molecular weight excluding hydrogens is 230 g/mol. The summed E-state index contributed by atoms with van der Waals surface area (Å²) in [5.74, 6) is 0.137. The lowest BCUT2D eigenvalue weighted by Crippen LogP contribution is -2.34. The number of hydrogen-bond donors (Lipinski definition) is 1. The minimum atomic E-state index is 0.137. The van der Waals surface area contributed by atoms with Crippen molar-refractivity contribution in [2.24, 2.45) is 0 Å². The highest BCUT2D eigenvalue weighted by Crippen LogP contribution is 2.30. The second-order valence-electron chi connectivity index (χ2n) is 4.75. The molecule has 0 unspecified atom stereocenters. The van der Waals surface area contributed by atoms with Gasteiger partial charge in [-0.3, -0.25) is 4.79 Å². The predicted molar refractivity (Wildman–Crippen MR) is 72.8 cm³/mol. The van der Waals surface area contributed by atoms with Gasteiger partial charge in [0.1, 0.15) is 0 Å². The first-order valence-electron chi connectivity index (χ1n) is 6.66. The predicted octanol–water partition coefficient (Wildman–Crippen LogP) is 3.55. The summed E-state index contributed by atoms with van der Waals surface area (Å²) < 4.78 is 0. The van der Waals surface area contributed by atoms with Gasteiger partial charge in [0, 0.05) is 16.3 Å². The van der Waals surface area contributed by atoms with E-state index >= 15 is 0 Å². The molecule has 1 aromatic rings. The summed E-state index contributed by atoms with van der Waals surface area (Å²) in [5.41, 5.74) is 2.27. The minimum absolute atomic E-state index is 0.137. The van der Waals surface area contributed by atoms with Crippen molar-refractivity contribution in [1.82, 2.24) is 5.32 Å². The molecule has 1 heterocycles. The molecule has 2 rings (SSSR count). The number of fused-ring (bicyclic) bond motifs is 1. The van der Waals surface area contributed by atoms with Gasteiger partial charge < -0.3 is 5.32 Å². The fraction of sp³-hybridized carbons (Fsp3) is 0.643. The monoisotopic (exact) mass is 251 g/mol. The summed E-state index contributed by atoms with van der Waals surface area (Å²) in [6.07, 6.45) is 6.78. The molecule has 0 radical (unpaired) electrons. The topological polar surface area (TPSA) is 29.1 Å². The van der Waals surface area contributed by atoms with Gasteiger partial charge in [-0.1, -0.05) is 13.8 Å². The van der Waals surface area contributed by atoms with Crippen molar-refractivity contribution >= 4 is 17.2 Å². The first-order valence-corrected chi connectivity index (χ1v) is 7.54. The first kappa shape index (κ1) is 12.6. The number of aryl methyl sites for hydroxylation is 1. The number of nitrogens with one attached hydrogen (secondary N) is 1. The number of thiophene rings is 1. The van der Waals surface area contributed by atoms with Crippen LogP contribution in [0.3, 0.4) is 0 Å². The van der Waals surface area contributed by atoms with Crippen molar-refractivity contribution in [2.45, 2.75) is 58.4 Å². The van der Waals surface area contributed by atoms with Crippen molar-refractivity contribution < 1.29 is 4.79 Å².